The van der Waals surface area contributed by atoms with Gasteiger partial charge in [0.2, 0.25) is 5.75 Å². The summed E-state index contributed by atoms with van der Waals surface area (Å²) in [6.07, 6.45) is 1.71. The van der Waals surface area contributed by atoms with Crippen LogP contribution < -0.4 is 24.8 Å². The number of carbonyl (C=O) groups excluding carboxylic acids is 1. The van der Waals surface area contributed by atoms with Crippen molar-refractivity contribution in [1.29, 1.82) is 0 Å². The van der Waals surface area contributed by atoms with Gasteiger partial charge in [0.15, 0.2) is 11.5 Å². The lowest BCUT2D eigenvalue weighted by atomic mass is 10.1. The van der Waals surface area contributed by atoms with Crippen LogP contribution in [-0.2, 0) is 19.4 Å². The Labute approximate surface area is 204 Å². The zero-order valence-corrected chi connectivity index (χ0v) is 20.4. The average Bonchev–Trinajstić information content (AvgIpc) is 3.25. The van der Waals surface area contributed by atoms with Crippen LogP contribution in [0, 0.1) is 0 Å². The fraction of sp³-hybridized carbons (Fsp3) is 0.259. The third-order valence-corrected chi connectivity index (χ3v) is 5.82. The average molecular weight is 475 g/mol. The summed E-state index contributed by atoms with van der Waals surface area (Å²) in [6.45, 7) is 3.03. The smallest absolute Gasteiger partial charge is 0.323 e. The standard InChI is InChI=1S/C27H30N4O4/c1-5-31-22-9-7-6-8-21(22)30-25(31)15-12-18-10-13-19(14-11-18)28-27(32)29-20-16-23(33-2)26(35-4)24(17-20)34-3/h6-11,13-14,16-17H,5,12,15H2,1-4H3,(H2,28,29,32). The summed E-state index contributed by atoms with van der Waals surface area (Å²) in [5.74, 6) is 2.47. The van der Waals surface area contributed by atoms with Crippen LogP contribution in [0.2, 0.25) is 0 Å². The lowest BCUT2D eigenvalue weighted by Crippen LogP contribution is -2.19. The molecule has 0 unspecified atom stereocenters. The van der Waals surface area contributed by atoms with E-state index in [-0.39, 0.29) is 6.03 Å². The number of anilines is 2. The number of hydrogen-bond acceptors (Lipinski definition) is 5. The molecule has 0 saturated carbocycles. The van der Waals surface area contributed by atoms with Gasteiger partial charge in [0, 0.05) is 30.8 Å². The molecule has 3 aromatic carbocycles. The second-order valence-corrected chi connectivity index (χ2v) is 7.95. The first-order valence-electron chi connectivity index (χ1n) is 11.5. The minimum Gasteiger partial charge on any atom is -0.493 e. The van der Waals surface area contributed by atoms with Crippen molar-refractivity contribution in [2.45, 2.75) is 26.3 Å². The Morgan fingerprint density at radius 3 is 2.14 bits per heavy atom. The van der Waals surface area contributed by atoms with Crippen LogP contribution in [0.25, 0.3) is 11.0 Å². The molecule has 1 aromatic heterocycles. The molecule has 1 heterocycles. The van der Waals surface area contributed by atoms with Gasteiger partial charge in [-0.2, -0.15) is 0 Å². The quantitative estimate of drug-likeness (QED) is 0.334. The van der Waals surface area contributed by atoms with Crippen LogP contribution in [0.1, 0.15) is 18.3 Å². The maximum Gasteiger partial charge on any atom is 0.323 e. The monoisotopic (exact) mass is 474 g/mol. The summed E-state index contributed by atoms with van der Waals surface area (Å²) in [7, 11) is 4.59. The molecular formula is C27H30N4O4. The number of methoxy groups -OCH3 is 3. The van der Waals surface area contributed by atoms with E-state index in [1.807, 2.05) is 36.4 Å². The van der Waals surface area contributed by atoms with E-state index >= 15 is 0 Å². The second kappa shape index (κ2) is 10.8. The normalized spacial score (nSPS) is 10.7. The molecule has 8 nitrogen and oxygen atoms in total. The fourth-order valence-electron chi connectivity index (χ4n) is 4.13. The Bertz CT molecular complexity index is 1290. The maximum atomic E-state index is 12.5. The number of nitrogens with one attached hydrogen (secondary N) is 2. The highest BCUT2D eigenvalue weighted by molar-refractivity contribution is 6.00. The number of rotatable bonds is 9. The zero-order chi connectivity index (χ0) is 24.8. The molecule has 0 bridgehead atoms. The molecule has 4 rings (SSSR count). The number of amides is 2. The first-order valence-corrected chi connectivity index (χ1v) is 11.5. The number of benzene rings is 3. The third kappa shape index (κ3) is 5.32. The molecule has 35 heavy (non-hydrogen) atoms. The molecule has 4 aromatic rings. The van der Waals surface area contributed by atoms with Crippen molar-refractivity contribution in [1.82, 2.24) is 9.55 Å². The number of aromatic nitrogens is 2. The van der Waals surface area contributed by atoms with E-state index < -0.39 is 0 Å². The molecule has 0 spiro atoms. The first kappa shape index (κ1) is 23.9. The summed E-state index contributed by atoms with van der Waals surface area (Å²) in [6, 6.07) is 19.0. The summed E-state index contributed by atoms with van der Waals surface area (Å²) < 4.78 is 18.3. The highest BCUT2D eigenvalue weighted by Crippen LogP contribution is 2.39. The highest BCUT2D eigenvalue weighted by Gasteiger charge is 2.15. The summed E-state index contributed by atoms with van der Waals surface area (Å²) in [5, 5.41) is 5.65. The van der Waals surface area contributed by atoms with Gasteiger partial charge in [-0.25, -0.2) is 9.78 Å². The Morgan fingerprint density at radius 1 is 0.857 bits per heavy atom. The lowest BCUT2D eigenvalue weighted by molar-refractivity contribution is 0.262. The molecule has 2 amide bonds. The van der Waals surface area contributed by atoms with Crippen molar-refractivity contribution in [3.8, 4) is 17.2 Å². The van der Waals surface area contributed by atoms with Gasteiger partial charge in [0.05, 0.1) is 38.1 Å². The van der Waals surface area contributed by atoms with Gasteiger partial charge >= 0.3 is 6.03 Å². The first-order chi connectivity index (χ1) is 17.1. The van der Waals surface area contributed by atoms with Gasteiger partial charge in [-0.1, -0.05) is 24.3 Å². The lowest BCUT2D eigenvalue weighted by Gasteiger charge is -2.15. The van der Waals surface area contributed by atoms with Gasteiger partial charge in [0.1, 0.15) is 5.82 Å². The van der Waals surface area contributed by atoms with Crippen LogP contribution in [0.5, 0.6) is 17.2 Å². The maximum absolute atomic E-state index is 12.5. The number of ether oxygens (including phenoxy) is 3. The van der Waals surface area contributed by atoms with Crippen molar-refractivity contribution < 1.29 is 19.0 Å². The van der Waals surface area contributed by atoms with E-state index in [1.54, 1.807) is 12.1 Å². The number of aryl methyl sites for hydroxylation is 3. The number of para-hydroxylation sites is 2. The Hall–Kier alpha value is -4.20. The van der Waals surface area contributed by atoms with E-state index in [0.29, 0.717) is 28.6 Å². The molecule has 182 valence electrons. The molecule has 8 heteroatoms. The van der Waals surface area contributed by atoms with Crippen LogP contribution in [-0.4, -0.2) is 36.9 Å². The number of imidazole rings is 1. The summed E-state index contributed by atoms with van der Waals surface area (Å²) >= 11 is 0. The zero-order valence-electron chi connectivity index (χ0n) is 20.4. The fourth-order valence-corrected chi connectivity index (χ4v) is 4.13. The van der Waals surface area contributed by atoms with Crippen LogP contribution in [0.15, 0.2) is 60.7 Å². The van der Waals surface area contributed by atoms with Crippen molar-refractivity contribution in [3.63, 3.8) is 0 Å². The number of hydrogen-bond donors (Lipinski definition) is 2. The largest absolute Gasteiger partial charge is 0.493 e. The number of fused-ring (bicyclic) bond motifs is 1. The van der Waals surface area contributed by atoms with Gasteiger partial charge in [-0.15, -0.1) is 0 Å². The predicted molar refractivity (Wildman–Crippen MR) is 138 cm³/mol. The molecule has 0 atom stereocenters. The number of carbonyl (C=O) groups is 1. The van der Waals surface area contributed by atoms with Gasteiger partial charge in [0.25, 0.3) is 0 Å². The third-order valence-electron chi connectivity index (χ3n) is 5.82. The van der Waals surface area contributed by atoms with Gasteiger partial charge in [-0.05, 0) is 43.2 Å². The van der Waals surface area contributed by atoms with Crippen molar-refractivity contribution >= 4 is 28.4 Å². The Kier molecular flexibility index (Phi) is 7.40. The van der Waals surface area contributed by atoms with Crippen LogP contribution >= 0.6 is 0 Å². The molecule has 0 radical (unpaired) electrons. The molecule has 0 fully saturated rings. The minimum atomic E-state index is -0.372. The number of urea groups is 1. The Morgan fingerprint density at radius 2 is 1.51 bits per heavy atom. The van der Waals surface area contributed by atoms with E-state index in [9.17, 15) is 4.79 Å². The SMILES string of the molecule is CCn1c(CCc2ccc(NC(=O)Nc3cc(OC)c(OC)c(OC)c3)cc2)nc2ccccc21. The summed E-state index contributed by atoms with van der Waals surface area (Å²) in [5.41, 5.74) is 4.59. The molecule has 2 N–H and O–H groups in total. The summed E-state index contributed by atoms with van der Waals surface area (Å²) in [4.78, 5) is 17.3. The predicted octanol–water partition coefficient (Wildman–Crippen LogP) is 5.51. The van der Waals surface area contributed by atoms with Gasteiger partial charge in [-0.3, -0.25) is 0 Å². The molecule has 0 aliphatic rings. The second-order valence-electron chi connectivity index (χ2n) is 7.95. The Balaban J connectivity index is 1.38. The van der Waals surface area contributed by atoms with E-state index in [2.05, 4.69) is 34.3 Å². The topological polar surface area (TPSA) is 86.6 Å². The molecular weight excluding hydrogens is 444 g/mol. The van der Waals surface area contributed by atoms with Crippen LogP contribution in [0.3, 0.4) is 0 Å². The van der Waals surface area contributed by atoms with E-state index in [4.69, 9.17) is 19.2 Å². The highest BCUT2D eigenvalue weighted by atomic mass is 16.5. The van der Waals surface area contributed by atoms with Crippen molar-refractivity contribution in [2.75, 3.05) is 32.0 Å². The van der Waals surface area contributed by atoms with Crippen molar-refractivity contribution in [3.05, 3.63) is 72.1 Å². The van der Waals surface area contributed by atoms with Gasteiger partial charge < -0.3 is 29.4 Å². The number of nitrogens with zero attached hydrogens (tertiary/aromatic N) is 2. The van der Waals surface area contributed by atoms with E-state index in [0.717, 1.165) is 30.7 Å². The minimum absolute atomic E-state index is 0.372. The molecule has 0 saturated heterocycles. The van der Waals surface area contributed by atoms with Crippen LogP contribution in [0.4, 0.5) is 16.2 Å². The van der Waals surface area contributed by atoms with Crippen molar-refractivity contribution in [2.24, 2.45) is 0 Å². The molecule has 0 aliphatic carbocycles. The molecule has 0 aliphatic heterocycles. The van der Waals surface area contributed by atoms with E-state index in [1.165, 1.54) is 32.4 Å².